The SMILES string of the molecule is COc1ccc2cc(N)c(=O)oc2c1.COc1ccc2cc(NC(=O)c3ccccc3[N+](=O)[O-])c(=O)oc2c1. The van der Waals surface area contributed by atoms with Crippen molar-refractivity contribution in [2.45, 2.75) is 0 Å². The third kappa shape index (κ3) is 5.85. The maximum absolute atomic E-state index is 12.3. The monoisotopic (exact) mass is 531 g/mol. The van der Waals surface area contributed by atoms with Crippen LogP contribution in [0.2, 0.25) is 0 Å². The maximum atomic E-state index is 12.3. The highest BCUT2D eigenvalue weighted by Gasteiger charge is 2.20. The van der Waals surface area contributed by atoms with Gasteiger partial charge in [-0.1, -0.05) is 12.1 Å². The van der Waals surface area contributed by atoms with Crippen molar-refractivity contribution in [2.24, 2.45) is 0 Å². The minimum atomic E-state index is -0.771. The number of benzene rings is 3. The molecule has 5 rings (SSSR count). The molecule has 0 aliphatic rings. The number of para-hydroxylation sites is 1. The minimum Gasteiger partial charge on any atom is -0.497 e. The van der Waals surface area contributed by atoms with Crippen LogP contribution < -0.4 is 31.8 Å². The summed E-state index contributed by atoms with van der Waals surface area (Å²) in [6.07, 6.45) is 0. The number of ether oxygens (including phenoxy) is 2. The highest BCUT2D eigenvalue weighted by molar-refractivity contribution is 6.07. The van der Waals surface area contributed by atoms with E-state index in [-0.39, 0.29) is 22.6 Å². The Balaban J connectivity index is 0.000000212. The average Bonchev–Trinajstić information content (AvgIpc) is 2.93. The lowest BCUT2D eigenvalue weighted by Gasteiger charge is -2.06. The summed E-state index contributed by atoms with van der Waals surface area (Å²) in [6.45, 7) is 0. The summed E-state index contributed by atoms with van der Waals surface area (Å²) in [5.41, 5.74) is 4.40. The third-order valence-electron chi connectivity index (χ3n) is 5.51. The van der Waals surface area contributed by atoms with E-state index in [4.69, 9.17) is 24.0 Å². The van der Waals surface area contributed by atoms with Crippen molar-refractivity contribution < 1.29 is 28.0 Å². The topological polar surface area (TPSA) is 177 Å². The molecule has 1 amide bonds. The summed E-state index contributed by atoms with van der Waals surface area (Å²) >= 11 is 0. The van der Waals surface area contributed by atoms with Crippen molar-refractivity contribution in [1.29, 1.82) is 0 Å². The molecule has 39 heavy (non-hydrogen) atoms. The Hall–Kier alpha value is -5.65. The maximum Gasteiger partial charge on any atom is 0.360 e. The van der Waals surface area contributed by atoms with Crippen molar-refractivity contribution >= 4 is 44.9 Å². The molecule has 2 heterocycles. The summed E-state index contributed by atoms with van der Waals surface area (Å²) in [4.78, 5) is 45.8. The lowest BCUT2D eigenvalue weighted by molar-refractivity contribution is -0.385. The Labute approximate surface area is 219 Å². The van der Waals surface area contributed by atoms with Gasteiger partial charge >= 0.3 is 11.3 Å². The van der Waals surface area contributed by atoms with Crippen LogP contribution in [0, 0.1) is 10.1 Å². The fourth-order valence-corrected chi connectivity index (χ4v) is 3.55. The molecule has 0 fully saturated rings. The number of nitrogen functional groups attached to an aromatic ring is 1. The molecule has 198 valence electrons. The number of nitrogens with two attached hydrogens (primary N) is 1. The van der Waals surface area contributed by atoms with Gasteiger partial charge < -0.3 is 29.4 Å². The number of nitro benzene ring substituents is 1. The first-order chi connectivity index (χ1) is 18.7. The Morgan fingerprint density at radius 3 is 2.00 bits per heavy atom. The van der Waals surface area contributed by atoms with E-state index in [2.05, 4.69) is 5.32 Å². The van der Waals surface area contributed by atoms with Crippen molar-refractivity contribution in [2.75, 3.05) is 25.3 Å². The fourth-order valence-electron chi connectivity index (χ4n) is 3.55. The van der Waals surface area contributed by atoms with Crippen LogP contribution in [0.25, 0.3) is 21.9 Å². The van der Waals surface area contributed by atoms with Gasteiger partial charge in [-0.3, -0.25) is 14.9 Å². The molecular formula is C27H21N3O9. The zero-order valence-electron chi connectivity index (χ0n) is 20.6. The van der Waals surface area contributed by atoms with Gasteiger partial charge in [0.25, 0.3) is 11.6 Å². The fraction of sp³-hybridized carbons (Fsp3) is 0.0741. The summed E-state index contributed by atoms with van der Waals surface area (Å²) in [6, 6.07) is 18.6. The number of hydrogen-bond acceptors (Lipinski definition) is 10. The molecule has 0 saturated carbocycles. The van der Waals surface area contributed by atoms with E-state index in [0.717, 1.165) is 5.39 Å². The van der Waals surface area contributed by atoms with Crippen molar-refractivity contribution in [1.82, 2.24) is 0 Å². The quantitative estimate of drug-likeness (QED) is 0.188. The zero-order chi connectivity index (χ0) is 28.1. The van der Waals surface area contributed by atoms with Crippen molar-refractivity contribution in [3.63, 3.8) is 0 Å². The van der Waals surface area contributed by atoms with E-state index in [1.165, 1.54) is 37.4 Å². The number of nitrogens with one attached hydrogen (secondary N) is 1. The van der Waals surface area contributed by atoms with Gasteiger partial charge in [0.05, 0.1) is 19.1 Å². The molecule has 0 unspecified atom stereocenters. The van der Waals surface area contributed by atoms with Gasteiger partial charge in [-0.05, 0) is 42.5 Å². The molecule has 3 aromatic carbocycles. The number of rotatable bonds is 5. The average molecular weight is 531 g/mol. The molecule has 12 heteroatoms. The van der Waals surface area contributed by atoms with Crippen LogP contribution in [0.5, 0.6) is 11.5 Å². The number of carbonyl (C=O) groups excluding carboxylic acids is 1. The summed E-state index contributed by atoms with van der Waals surface area (Å²) < 4.78 is 20.2. The standard InChI is InChI=1S/C17H12N2O6.C10H9NO3/c1-24-11-7-6-10-8-13(17(21)25-15(10)9-11)18-16(20)12-4-2-3-5-14(12)19(22)23;1-13-7-3-2-6-4-8(11)10(12)14-9(6)5-7/h2-9H,1H3,(H,18,20);2-5H,11H2,1H3. The number of carbonyl (C=O) groups is 1. The van der Waals surface area contributed by atoms with Gasteiger partial charge in [-0.15, -0.1) is 0 Å². The van der Waals surface area contributed by atoms with E-state index in [1.807, 2.05) is 0 Å². The van der Waals surface area contributed by atoms with Crippen LogP contribution in [0.1, 0.15) is 10.4 Å². The lowest BCUT2D eigenvalue weighted by atomic mass is 10.1. The predicted molar refractivity (Wildman–Crippen MR) is 144 cm³/mol. The van der Waals surface area contributed by atoms with E-state index in [0.29, 0.717) is 28.1 Å². The van der Waals surface area contributed by atoms with Gasteiger partial charge in [0.15, 0.2) is 0 Å². The van der Waals surface area contributed by atoms with Crippen LogP contribution >= 0.6 is 0 Å². The normalized spacial score (nSPS) is 10.4. The largest absolute Gasteiger partial charge is 0.497 e. The predicted octanol–water partition coefficient (Wildman–Crippen LogP) is 4.35. The molecule has 0 aliphatic heterocycles. The van der Waals surface area contributed by atoms with E-state index >= 15 is 0 Å². The Kier molecular flexibility index (Phi) is 7.57. The number of amides is 1. The molecule has 12 nitrogen and oxygen atoms in total. The molecule has 2 aromatic heterocycles. The molecular weight excluding hydrogens is 510 g/mol. The van der Waals surface area contributed by atoms with Gasteiger partial charge in [-0.2, -0.15) is 0 Å². The van der Waals surface area contributed by atoms with Gasteiger partial charge in [0, 0.05) is 29.0 Å². The Morgan fingerprint density at radius 1 is 0.846 bits per heavy atom. The number of methoxy groups -OCH3 is 2. The number of nitro groups is 1. The van der Waals surface area contributed by atoms with Crippen LogP contribution in [0.3, 0.4) is 0 Å². The van der Waals surface area contributed by atoms with Crippen LogP contribution in [0.15, 0.2) is 91.2 Å². The number of nitrogens with zero attached hydrogens (tertiary/aromatic N) is 1. The van der Waals surface area contributed by atoms with Crippen LogP contribution in [-0.4, -0.2) is 25.1 Å². The smallest absolute Gasteiger partial charge is 0.360 e. The third-order valence-corrected chi connectivity index (χ3v) is 5.51. The highest BCUT2D eigenvalue weighted by atomic mass is 16.6. The zero-order valence-corrected chi connectivity index (χ0v) is 20.6. The van der Waals surface area contributed by atoms with Gasteiger partial charge in [-0.25, -0.2) is 9.59 Å². The number of fused-ring (bicyclic) bond motifs is 2. The molecule has 0 aliphatic carbocycles. The van der Waals surface area contributed by atoms with E-state index < -0.39 is 22.1 Å². The second-order valence-corrected chi connectivity index (χ2v) is 7.97. The van der Waals surface area contributed by atoms with Crippen molar-refractivity contribution in [3.8, 4) is 11.5 Å². The molecule has 5 aromatic rings. The second kappa shape index (κ2) is 11.2. The highest BCUT2D eigenvalue weighted by Crippen LogP contribution is 2.23. The Morgan fingerprint density at radius 2 is 1.41 bits per heavy atom. The minimum absolute atomic E-state index is 0.110. The lowest BCUT2D eigenvalue weighted by Crippen LogP contribution is -2.18. The molecule has 0 spiro atoms. The molecule has 0 bridgehead atoms. The first-order valence-corrected chi connectivity index (χ1v) is 11.2. The van der Waals surface area contributed by atoms with Crippen LogP contribution in [-0.2, 0) is 0 Å². The van der Waals surface area contributed by atoms with Gasteiger partial charge in [0.2, 0.25) is 0 Å². The summed E-state index contributed by atoms with van der Waals surface area (Å²) in [7, 11) is 3.04. The molecule has 0 saturated heterocycles. The van der Waals surface area contributed by atoms with Gasteiger partial charge in [0.1, 0.15) is 39.6 Å². The summed E-state index contributed by atoms with van der Waals surface area (Å²) in [5.74, 6) is 0.394. The number of anilines is 2. The van der Waals surface area contributed by atoms with E-state index in [1.54, 1.807) is 49.6 Å². The molecule has 3 N–H and O–H groups in total. The summed E-state index contributed by atoms with van der Waals surface area (Å²) in [5, 5.41) is 14.7. The van der Waals surface area contributed by atoms with Crippen LogP contribution in [0.4, 0.5) is 17.1 Å². The first-order valence-electron chi connectivity index (χ1n) is 11.2. The first kappa shape index (κ1) is 26.4. The number of hydrogen-bond donors (Lipinski definition) is 2. The Bertz CT molecular complexity index is 1830. The van der Waals surface area contributed by atoms with E-state index in [9.17, 15) is 24.5 Å². The van der Waals surface area contributed by atoms with Crippen molar-refractivity contribution in [3.05, 3.63) is 109 Å². The molecule has 0 atom stereocenters. The molecule has 0 radical (unpaired) electrons. The second-order valence-electron chi connectivity index (χ2n) is 7.97.